The van der Waals surface area contributed by atoms with Crippen LogP contribution in [0, 0.1) is 10.1 Å². The maximum atomic E-state index is 11.0. The van der Waals surface area contributed by atoms with Crippen LogP contribution in [0.15, 0.2) is 23.4 Å². The van der Waals surface area contributed by atoms with Gasteiger partial charge in [0.15, 0.2) is 11.6 Å². The molecule has 0 unspecified atom stereocenters. The number of thioether (sulfide) groups is 1. The van der Waals surface area contributed by atoms with Gasteiger partial charge in [0.1, 0.15) is 0 Å². The molecule has 8 heteroatoms. The van der Waals surface area contributed by atoms with Crippen LogP contribution in [0.5, 0.6) is 5.75 Å². The SMILES string of the molecule is CSCCCOc1ccc(/C(N)=N/O)cc1[N+](=O)[O-]. The topological polar surface area (TPSA) is 111 Å². The van der Waals surface area contributed by atoms with E-state index in [4.69, 9.17) is 15.7 Å². The van der Waals surface area contributed by atoms with Gasteiger partial charge < -0.3 is 15.7 Å². The molecule has 1 aromatic rings. The fourth-order valence-corrected chi connectivity index (χ4v) is 1.79. The Balaban J connectivity index is 2.89. The predicted octanol–water partition coefficient (Wildman–Crippen LogP) is 1.82. The zero-order chi connectivity index (χ0) is 14.3. The van der Waals surface area contributed by atoms with E-state index in [-0.39, 0.29) is 22.8 Å². The van der Waals surface area contributed by atoms with Gasteiger partial charge in [0.2, 0.25) is 0 Å². The van der Waals surface area contributed by atoms with Gasteiger partial charge in [-0.15, -0.1) is 0 Å². The lowest BCUT2D eigenvalue weighted by Crippen LogP contribution is -2.13. The van der Waals surface area contributed by atoms with E-state index in [1.54, 1.807) is 11.8 Å². The van der Waals surface area contributed by atoms with E-state index in [1.165, 1.54) is 18.2 Å². The van der Waals surface area contributed by atoms with Gasteiger partial charge in [-0.05, 0) is 30.6 Å². The molecular formula is C11H15N3O4S. The number of ether oxygens (including phenoxy) is 1. The zero-order valence-electron chi connectivity index (χ0n) is 10.4. The normalized spacial score (nSPS) is 11.3. The Hall–Kier alpha value is -1.96. The molecule has 0 radical (unpaired) electrons. The van der Waals surface area contributed by atoms with Crippen molar-refractivity contribution in [1.82, 2.24) is 0 Å². The second-order valence-corrected chi connectivity index (χ2v) is 4.61. The molecular weight excluding hydrogens is 270 g/mol. The lowest BCUT2D eigenvalue weighted by Gasteiger charge is -2.07. The molecule has 0 saturated carbocycles. The zero-order valence-corrected chi connectivity index (χ0v) is 11.2. The van der Waals surface area contributed by atoms with Gasteiger partial charge in [0.25, 0.3) is 0 Å². The average Bonchev–Trinajstić information content (AvgIpc) is 2.42. The summed E-state index contributed by atoms with van der Waals surface area (Å²) in [4.78, 5) is 10.4. The summed E-state index contributed by atoms with van der Waals surface area (Å²) in [6.45, 7) is 0.407. The van der Waals surface area contributed by atoms with Gasteiger partial charge in [-0.3, -0.25) is 10.1 Å². The highest BCUT2D eigenvalue weighted by atomic mass is 32.2. The maximum Gasteiger partial charge on any atom is 0.311 e. The van der Waals surface area contributed by atoms with Crippen LogP contribution in [0.2, 0.25) is 0 Å². The van der Waals surface area contributed by atoms with E-state index in [0.29, 0.717) is 6.61 Å². The fraction of sp³-hybridized carbons (Fsp3) is 0.364. The van der Waals surface area contributed by atoms with Gasteiger partial charge in [-0.1, -0.05) is 5.16 Å². The summed E-state index contributed by atoms with van der Waals surface area (Å²) in [5.74, 6) is 0.924. The first kappa shape index (κ1) is 15.1. The molecule has 19 heavy (non-hydrogen) atoms. The molecule has 0 aromatic heterocycles. The van der Waals surface area contributed by atoms with Crippen molar-refractivity contribution < 1.29 is 14.9 Å². The van der Waals surface area contributed by atoms with Gasteiger partial charge in [-0.25, -0.2) is 0 Å². The van der Waals surface area contributed by atoms with Gasteiger partial charge in [0.05, 0.1) is 11.5 Å². The molecule has 1 rings (SSSR count). The highest BCUT2D eigenvalue weighted by molar-refractivity contribution is 7.98. The molecule has 0 bridgehead atoms. The number of nitrogens with two attached hydrogens (primary N) is 1. The van der Waals surface area contributed by atoms with Crippen LogP contribution < -0.4 is 10.5 Å². The number of hydrogen-bond acceptors (Lipinski definition) is 6. The van der Waals surface area contributed by atoms with Crippen molar-refractivity contribution in [3.63, 3.8) is 0 Å². The van der Waals surface area contributed by atoms with E-state index in [2.05, 4.69) is 5.16 Å². The smallest absolute Gasteiger partial charge is 0.311 e. The average molecular weight is 285 g/mol. The molecule has 0 atom stereocenters. The highest BCUT2D eigenvalue weighted by Crippen LogP contribution is 2.28. The van der Waals surface area contributed by atoms with E-state index >= 15 is 0 Å². The Morgan fingerprint density at radius 2 is 2.37 bits per heavy atom. The minimum absolute atomic E-state index is 0.181. The summed E-state index contributed by atoms with van der Waals surface area (Å²) in [6.07, 6.45) is 2.79. The number of hydrogen-bond donors (Lipinski definition) is 2. The molecule has 3 N–H and O–H groups in total. The highest BCUT2D eigenvalue weighted by Gasteiger charge is 2.17. The third-order valence-electron chi connectivity index (χ3n) is 2.31. The predicted molar refractivity (Wildman–Crippen MR) is 74.1 cm³/mol. The van der Waals surface area contributed by atoms with E-state index in [9.17, 15) is 10.1 Å². The number of amidine groups is 1. The van der Waals surface area contributed by atoms with Crippen LogP contribution in [0.3, 0.4) is 0 Å². The first-order valence-corrected chi connectivity index (χ1v) is 6.87. The first-order valence-electron chi connectivity index (χ1n) is 5.48. The molecule has 0 amide bonds. The van der Waals surface area contributed by atoms with E-state index < -0.39 is 4.92 Å². The maximum absolute atomic E-state index is 11.0. The Bertz CT molecular complexity index is 479. The first-order chi connectivity index (χ1) is 9.10. The molecule has 0 aliphatic carbocycles. The van der Waals surface area contributed by atoms with Crippen molar-refractivity contribution in [1.29, 1.82) is 0 Å². The third-order valence-corrected chi connectivity index (χ3v) is 3.01. The Kier molecular flexibility index (Phi) is 5.94. The van der Waals surface area contributed by atoms with Gasteiger partial charge in [0, 0.05) is 11.6 Å². The Morgan fingerprint density at radius 3 is 2.95 bits per heavy atom. The van der Waals surface area contributed by atoms with E-state index in [1.807, 2.05) is 6.26 Å². The van der Waals surface area contributed by atoms with Crippen LogP contribution >= 0.6 is 11.8 Å². The summed E-state index contributed by atoms with van der Waals surface area (Å²) in [7, 11) is 0. The summed E-state index contributed by atoms with van der Waals surface area (Å²) in [6, 6.07) is 4.18. The summed E-state index contributed by atoms with van der Waals surface area (Å²) >= 11 is 1.68. The standard InChI is InChI=1S/C11H15N3O4S/c1-19-6-2-5-18-10-4-3-8(11(12)13-15)7-9(10)14(16)17/h3-4,7,15H,2,5-6H2,1H3,(H2,12,13). The lowest BCUT2D eigenvalue weighted by molar-refractivity contribution is -0.385. The van der Waals surface area contributed by atoms with Crippen LogP contribution in [0.25, 0.3) is 0 Å². The lowest BCUT2D eigenvalue weighted by atomic mass is 10.1. The van der Waals surface area contributed by atoms with E-state index in [0.717, 1.165) is 12.2 Å². The van der Waals surface area contributed by atoms with Crippen LogP contribution in [0.4, 0.5) is 5.69 Å². The summed E-state index contributed by atoms with van der Waals surface area (Å²) in [5.41, 5.74) is 5.46. The van der Waals surface area contributed by atoms with Crippen molar-refractivity contribution in [3.05, 3.63) is 33.9 Å². The minimum atomic E-state index is -0.557. The van der Waals surface area contributed by atoms with Crippen molar-refractivity contribution in [2.24, 2.45) is 10.9 Å². The van der Waals surface area contributed by atoms with Crippen LogP contribution in [0.1, 0.15) is 12.0 Å². The molecule has 0 spiro atoms. The molecule has 1 aromatic carbocycles. The number of nitro benzene ring substituents is 1. The number of nitrogens with zero attached hydrogens (tertiary/aromatic N) is 2. The van der Waals surface area contributed by atoms with Crippen molar-refractivity contribution >= 4 is 23.3 Å². The number of nitro groups is 1. The number of rotatable bonds is 7. The molecule has 0 aliphatic heterocycles. The molecule has 0 saturated heterocycles. The monoisotopic (exact) mass is 285 g/mol. The second-order valence-electron chi connectivity index (χ2n) is 3.62. The second kappa shape index (κ2) is 7.47. The van der Waals surface area contributed by atoms with Crippen LogP contribution in [-0.2, 0) is 0 Å². The number of benzene rings is 1. The van der Waals surface area contributed by atoms with Crippen LogP contribution in [-0.4, -0.2) is 34.6 Å². The minimum Gasteiger partial charge on any atom is -0.487 e. The Morgan fingerprint density at radius 1 is 1.63 bits per heavy atom. The quantitative estimate of drug-likeness (QED) is 0.197. The largest absolute Gasteiger partial charge is 0.487 e. The van der Waals surface area contributed by atoms with Crippen molar-refractivity contribution in [2.75, 3.05) is 18.6 Å². The van der Waals surface area contributed by atoms with Crippen molar-refractivity contribution in [3.8, 4) is 5.75 Å². The number of oxime groups is 1. The molecule has 7 nitrogen and oxygen atoms in total. The fourth-order valence-electron chi connectivity index (χ4n) is 1.38. The van der Waals surface area contributed by atoms with Crippen molar-refractivity contribution in [2.45, 2.75) is 6.42 Å². The molecule has 0 aliphatic rings. The van der Waals surface area contributed by atoms with Gasteiger partial charge >= 0.3 is 5.69 Å². The Labute approximate surface area is 114 Å². The molecule has 104 valence electrons. The summed E-state index contributed by atoms with van der Waals surface area (Å²) in [5, 5.41) is 22.3. The molecule has 0 heterocycles. The summed E-state index contributed by atoms with van der Waals surface area (Å²) < 4.78 is 5.37. The molecule has 0 fully saturated rings. The third kappa shape index (κ3) is 4.32. The van der Waals surface area contributed by atoms with Gasteiger partial charge in [-0.2, -0.15) is 11.8 Å².